The van der Waals surface area contributed by atoms with E-state index in [-0.39, 0.29) is 12.6 Å². The Morgan fingerprint density at radius 3 is 2.47 bits per heavy atom. The van der Waals surface area contributed by atoms with Gasteiger partial charge in [-0.25, -0.2) is 4.79 Å². The summed E-state index contributed by atoms with van der Waals surface area (Å²) in [5.74, 6) is -0.516. The molecule has 0 bridgehead atoms. The van der Waals surface area contributed by atoms with Crippen molar-refractivity contribution < 1.29 is 19.4 Å². The summed E-state index contributed by atoms with van der Waals surface area (Å²) in [4.78, 5) is 26.0. The third-order valence-corrected chi connectivity index (χ3v) is 3.29. The minimum absolute atomic E-state index is 0.198. The van der Waals surface area contributed by atoms with Gasteiger partial charge in [0.2, 0.25) is 0 Å². The lowest BCUT2D eigenvalue weighted by Gasteiger charge is -2.31. The number of hydrogen-bond acceptors (Lipinski definition) is 3. The van der Waals surface area contributed by atoms with E-state index in [4.69, 9.17) is 9.84 Å². The van der Waals surface area contributed by atoms with E-state index in [0.29, 0.717) is 19.0 Å². The van der Waals surface area contributed by atoms with Gasteiger partial charge in [-0.15, -0.1) is 0 Å². The van der Waals surface area contributed by atoms with Gasteiger partial charge in [-0.3, -0.25) is 4.79 Å². The molecular formula is C13H24N2O4. The smallest absolute Gasteiger partial charge is 0.323 e. The van der Waals surface area contributed by atoms with Crippen molar-refractivity contribution in [1.82, 2.24) is 9.80 Å². The Kier molecular flexibility index (Phi) is 6.62. The molecule has 19 heavy (non-hydrogen) atoms. The molecule has 0 spiro atoms. The first kappa shape index (κ1) is 15.8. The summed E-state index contributed by atoms with van der Waals surface area (Å²) in [7, 11) is 1.74. The molecule has 2 amide bonds. The topological polar surface area (TPSA) is 70.1 Å². The lowest BCUT2D eigenvalue weighted by atomic mass is 10.00. The minimum atomic E-state index is -0.971. The summed E-state index contributed by atoms with van der Waals surface area (Å²) in [6.45, 7) is 4.34. The van der Waals surface area contributed by atoms with E-state index >= 15 is 0 Å². The molecule has 1 rings (SSSR count). The van der Waals surface area contributed by atoms with Crippen LogP contribution in [0.2, 0.25) is 0 Å². The molecule has 6 nitrogen and oxygen atoms in total. The van der Waals surface area contributed by atoms with E-state index in [9.17, 15) is 9.59 Å². The first-order chi connectivity index (χ1) is 9.04. The fourth-order valence-corrected chi connectivity index (χ4v) is 2.31. The Balaban J connectivity index is 2.48. The number of aliphatic carboxylic acids is 1. The molecule has 0 radical (unpaired) electrons. The van der Waals surface area contributed by atoms with Crippen molar-refractivity contribution in [2.24, 2.45) is 5.92 Å². The van der Waals surface area contributed by atoms with Crippen LogP contribution in [0.3, 0.4) is 0 Å². The molecule has 0 unspecified atom stereocenters. The number of urea groups is 1. The molecule has 110 valence electrons. The Labute approximate surface area is 114 Å². The number of carboxylic acid groups (broad SMARTS) is 1. The molecule has 0 aliphatic carbocycles. The normalized spacial score (nSPS) is 16.1. The van der Waals surface area contributed by atoms with Crippen molar-refractivity contribution in [2.75, 3.05) is 39.9 Å². The van der Waals surface area contributed by atoms with Gasteiger partial charge < -0.3 is 19.6 Å². The first-order valence-electron chi connectivity index (χ1n) is 6.84. The molecule has 1 heterocycles. The van der Waals surface area contributed by atoms with Gasteiger partial charge in [0.1, 0.15) is 6.54 Å². The zero-order chi connectivity index (χ0) is 14.3. The summed E-state index contributed by atoms with van der Waals surface area (Å²) < 4.78 is 5.29. The summed E-state index contributed by atoms with van der Waals surface area (Å²) >= 11 is 0. The molecule has 1 aliphatic rings. The third-order valence-electron chi connectivity index (χ3n) is 3.29. The molecule has 0 aromatic heterocycles. The van der Waals surface area contributed by atoms with Crippen molar-refractivity contribution in [3.8, 4) is 0 Å². The van der Waals surface area contributed by atoms with Crippen LogP contribution in [-0.2, 0) is 9.53 Å². The van der Waals surface area contributed by atoms with Gasteiger partial charge in [0.05, 0.1) is 0 Å². The number of rotatable bonds is 6. The predicted octanol–water partition coefficient (Wildman–Crippen LogP) is 1.26. The summed E-state index contributed by atoms with van der Waals surface area (Å²) in [6, 6.07) is -0.198. The second kappa shape index (κ2) is 7.99. The highest BCUT2D eigenvalue weighted by atomic mass is 16.5. The van der Waals surface area contributed by atoms with E-state index in [1.807, 2.05) is 6.92 Å². The zero-order valence-corrected chi connectivity index (χ0v) is 11.8. The van der Waals surface area contributed by atoms with Gasteiger partial charge in [-0.1, -0.05) is 6.92 Å². The standard InChI is InChI=1S/C13H24N2O4/c1-3-6-15(10-12(16)17)13(18)14(2)9-11-4-7-19-8-5-11/h11H,3-10H2,1-2H3,(H,16,17). The Morgan fingerprint density at radius 1 is 1.32 bits per heavy atom. The number of ether oxygens (including phenoxy) is 1. The number of nitrogens with zero attached hydrogens (tertiary/aromatic N) is 2. The summed E-state index contributed by atoms with van der Waals surface area (Å²) in [5, 5.41) is 8.83. The van der Waals surface area contributed by atoms with Crippen molar-refractivity contribution in [3.63, 3.8) is 0 Å². The Hall–Kier alpha value is -1.30. The van der Waals surface area contributed by atoms with Gasteiger partial charge in [-0.05, 0) is 25.2 Å². The molecule has 1 N–H and O–H groups in total. The van der Waals surface area contributed by atoms with Gasteiger partial charge in [-0.2, -0.15) is 0 Å². The van der Waals surface area contributed by atoms with Gasteiger partial charge in [0.25, 0.3) is 0 Å². The van der Waals surface area contributed by atoms with Crippen LogP contribution < -0.4 is 0 Å². The molecule has 0 aromatic rings. The number of carbonyl (C=O) groups excluding carboxylic acids is 1. The molecule has 0 aromatic carbocycles. The maximum Gasteiger partial charge on any atom is 0.323 e. The van der Waals surface area contributed by atoms with Crippen LogP contribution in [0.5, 0.6) is 0 Å². The van der Waals surface area contributed by atoms with E-state index in [0.717, 1.165) is 32.5 Å². The molecule has 1 saturated heterocycles. The average Bonchev–Trinajstić information content (AvgIpc) is 2.38. The molecule has 6 heteroatoms. The fourth-order valence-electron chi connectivity index (χ4n) is 2.31. The molecule has 1 fully saturated rings. The highest BCUT2D eigenvalue weighted by molar-refractivity contribution is 5.80. The third kappa shape index (κ3) is 5.46. The van der Waals surface area contributed by atoms with Crippen molar-refractivity contribution in [2.45, 2.75) is 26.2 Å². The van der Waals surface area contributed by atoms with Crippen molar-refractivity contribution in [1.29, 1.82) is 0 Å². The molecule has 0 saturated carbocycles. The van der Waals surface area contributed by atoms with Crippen LogP contribution in [0, 0.1) is 5.92 Å². The predicted molar refractivity (Wildman–Crippen MR) is 71.1 cm³/mol. The van der Waals surface area contributed by atoms with Crippen LogP contribution >= 0.6 is 0 Å². The van der Waals surface area contributed by atoms with Crippen molar-refractivity contribution >= 4 is 12.0 Å². The van der Waals surface area contributed by atoms with Gasteiger partial charge in [0.15, 0.2) is 0 Å². The van der Waals surface area contributed by atoms with Crippen LogP contribution in [0.25, 0.3) is 0 Å². The van der Waals surface area contributed by atoms with Crippen LogP contribution in [0.4, 0.5) is 4.79 Å². The lowest BCUT2D eigenvalue weighted by Crippen LogP contribution is -2.46. The number of carboxylic acids is 1. The summed E-state index contributed by atoms with van der Waals surface area (Å²) in [6.07, 6.45) is 2.68. The highest BCUT2D eigenvalue weighted by Crippen LogP contribution is 2.16. The lowest BCUT2D eigenvalue weighted by molar-refractivity contribution is -0.137. The highest BCUT2D eigenvalue weighted by Gasteiger charge is 2.23. The molecular weight excluding hydrogens is 248 g/mol. The number of carbonyl (C=O) groups is 2. The van der Waals surface area contributed by atoms with Crippen LogP contribution in [0.1, 0.15) is 26.2 Å². The van der Waals surface area contributed by atoms with Crippen LogP contribution in [0.15, 0.2) is 0 Å². The first-order valence-corrected chi connectivity index (χ1v) is 6.84. The molecule has 1 aliphatic heterocycles. The maximum absolute atomic E-state index is 12.2. The fraction of sp³-hybridized carbons (Fsp3) is 0.846. The minimum Gasteiger partial charge on any atom is -0.480 e. The van der Waals surface area contributed by atoms with E-state index in [2.05, 4.69) is 0 Å². The van der Waals surface area contributed by atoms with E-state index in [1.165, 1.54) is 4.90 Å². The quantitative estimate of drug-likeness (QED) is 0.790. The largest absolute Gasteiger partial charge is 0.480 e. The second-order valence-electron chi connectivity index (χ2n) is 5.03. The maximum atomic E-state index is 12.2. The SMILES string of the molecule is CCCN(CC(=O)O)C(=O)N(C)CC1CCOCC1. The van der Waals surface area contributed by atoms with E-state index in [1.54, 1.807) is 11.9 Å². The monoisotopic (exact) mass is 272 g/mol. The number of hydrogen-bond donors (Lipinski definition) is 1. The average molecular weight is 272 g/mol. The number of amides is 2. The zero-order valence-electron chi connectivity index (χ0n) is 11.8. The van der Waals surface area contributed by atoms with Crippen molar-refractivity contribution in [3.05, 3.63) is 0 Å². The molecule has 0 atom stereocenters. The second-order valence-corrected chi connectivity index (χ2v) is 5.03. The van der Waals surface area contributed by atoms with E-state index < -0.39 is 5.97 Å². The van der Waals surface area contributed by atoms with Gasteiger partial charge in [0, 0.05) is 33.4 Å². The Morgan fingerprint density at radius 2 is 1.95 bits per heavy atom. The Bertz CT molecular complexity index is 303. The summed E-state index contributed by atoms with van der Waals surface area (Å²) in [5.41, 5.74) is 0. The van der Waals surface area contributed by atoms with Gasteiger partial charge >= 0.3 is 12.0 Å². The van der Waals surface area contributed by atoms with Crippen LogP contribution in [-0.4, -0.2) is 66.8 Å².